The molecule has 0 heterocycles. The van der Waals surface area contributed by atoms with Crippen LogP contribution in [0.2, 0.25) is 0 Å². The van der Waals surface area contributed by atoms with Gasteiger partial charge < -0.3 is 4.74 Å². The zero-order valence-electron chi connectivity index (χ0n) is 9.65. The third-order valence-corrected chi connectivity index (χ3v) is 2.03. The summed E-state index contributed by atoms with van der Waals surface area (Å²) in [5.74, 6) is -5.91. The first kappa shape index (κ1) is 14.7. The molecule has 0 N–H and O–H groups in total. The molecule has 0 aromatic heterocycles. The first-order valence-corrected chi connectivity index (χ1v) is 5.05. The van der Waals surface area contributed by atoms with Gasteiger partial charge in [0.1, 0.15) is 0 Å². The third kappa shape index (κ3) is 3.30. The number of nitrogens with zero attached hydrogens (tertiary/aromatic N) is 1. The van der Waals surface area contributed by atoms with Gasteiger partial charge in [-0.1, -0.05) is 0 Å². The van der Waals surface area contributed by atoms with E-state index >= 15 is 0 Å². The molecule has 0 atom stereocenters. The Kier molecular flexibility index (Phi) is 4.62. The van der Waals surface area contributed by atoms with Gasteiger partial charge in [-0.25, -0.2) is 9.18 Å². The molecule has 5 nitrogen and oxygen atoms in total. The number of halogens is 3. The molecular weight excluding hydrogens is 267 g/mol. The van der Waals surface area contributed by atoms with Crippen LogP contribution in [0, 0.1) is 27.6 Å². The molecule has 0 aliphatic heterocycles. The van der Waals surface area contributed by atoms with Crippen molar-refractivity contribution in [2.75, 3.05) is 6.61 Å². The van der Waals surface area contributed by atoms with Crippen molar-refractivity contribution < 1.29 is 27.6 Å². The van der Waals surface area contributed by atoms with E-state index in [0.29, 0.717) is 6.07 Å². The predicted molar refractivity (Wildman–Crippen MR) is 58.6 cm³/mol. The lowest BCUT2D eigenvalue weighted by molar-refractivity contribution is -0.390. The average Bonchev–Trinajstić information content (AvgIpc) is 2.32. The van der Waals surface area contributed by atoms with Crippen LogP contribution < -0.4 is 0 Å². The summed E-state index contributed by atoms with van der Waals surface area (Å²) < 4.78 is 44.3. The highest BCUT2D eigenvalue weighted by molar-refractivity contribution is 5.87. The van der Waals surface area contributed by atoms with E-state index in [1.54, 1.807) is 0 Å². The number of carbonyl (C=O) groups is 1. The third-order valence-electron chi connectivity index (χ3n) is 2.03. The molecule has 0 radical (unpaired) electrons. The summed E-state index contributed by atoms with van der Waals surface area (Å²) in [4.78, 5) is 19.9. The minimum absolute atomic E-state index is 0.0780. The fourth-order valence-electron chi connectivity index (χ4n) is 1.24. The van der Waals surface area contributed by atoms with Crippen LogP contribution >= 0.6 is 0 Å². The van der Waals surface area contributed by atoms with Gasteiger partial charge in [0.05, 0.1) is 11.5 Å². The average molecular weight is 275 g/mol. The SMILES string of the molecule is CCOC(=O)C=Cc1cc(F)c([N+](=O)[O-])c(F)c1F. The Morgan fingerprint density at radius 2 is 2.05 bits per heavy atom. The van der Waals surface area contributed by atoms with Crippen LogP contribution in [-0.4, -0.2) is 17.5 Å². The monoisotopic (exact) mass is 275 g/mol. The molecule has 0 aliphatic rings. The van der Waals surface area contributed by atoms with Crippen molar-refractivity contribution in [1.29, 1.82) is 0 Å². The highest BCUT2D eigenvalue weighted by Crippen LogP contribution is 2.27. The van der Waals surface area contributed by atoms with Crippen LogP contribution in [0.5, 0.6) is 0 Å². The summed E-state index contributed by atoms with van der Waals surface area (Å²) in [7, 11) is 0. The molecule has 8 heteroatoms. The van der Waals surface area contributed by atoms with Crippen molar-refractivity contribution in [3.63, 3.8) is 0 Å². The van der Waals surface area contributed by atoms with Gasteiger partial charge in [0.25, 0.3) is 0 Å². The Hall–Kier alpha value is -2.38. The van der Waals surface area contributed by atoms with E-state index in [1.165, 1.54) is 6.92 Å². The molecule has 1 aromatic carbocycles. The summed E-state index contributed by atoms with van der Waals surface area (Å²) in [6.07, 6.45) is 1.52. The first-order chi connectivity index (χ1) is 8.88. The van der Waals surface area contributed by atoms with Crippen LogP contribution in [0.15, 0.2) is 12.1 Å². The van der Waals surface area contributed by atoms with Gasteiger partial charge in [-0.05, 0) is 19.1 Å². The van der Waals surface area contributed by atoms with Crippen molar-refractivity contribution in [2.24, 2.45) is 0 Å². The molecule has 0 spiro atoms. The van der Waals surface area contributed by atoms with Gasteiger partial charge in [-0.15, -0.1) is 0 Å². The molecular formula is C11H8F3NO4. The minimum atomic E-state index is -1.92. The Morgan fingerprint density at radius 1 is 1.42 bits per heavy atom. The lowest BCUT2D eigenvalue weighted by Gasteiger charge is -2.01. The maximum absolute atomic E-state index is 13.4. The molecule has 0 amide bonds. The molecule has 0 bridgehead atoms. The Morgan fingerprint density at radius 3 is 2.58 bits per heavy atom. The maximum Gasteiger partial charge on any atom is 0.343 e. The zero-order valence-corrected chi connectivity index (χ0v) is 9.65. The zero-order chi connectivity index (χ0) is 14.6. The summed E-state index contributed by atoms with van der Waals surface area (Å²) in [6.45, 7) is 1.62. The number of ether oxygens (including phenoxy) is 1. The quantitative estimate of drug-likeness (QED) is 0.278. The van der Waals surface area contributed by atoms with Gasteiger partial charge in [-0.2, -0.15) is 8.78 Å². The molecule has 0 saturated carbocycles. The number of carbonyl (C=O) groups excluding carboxylic acids is 1. The smallest absolute Gasteiger partial charge is 0.343 e. The highest BCUT2D eigenvalue weighted by Gasteiger charge is 2.26. The molecule has 1 rings (SSSR count). The van der Waals surface area contributed by atoms with Gasteiger partial charge in [0, 0.05) is 11.6 Å². The number of hydrogen-bond donors (Lipinski definition) is 0. The predicted octanol–water partition coefficient (Wildman–Crippen LogP) is 2.59. The Labute approximate surface area is 105 Å². The van der Waals surface area contributed by atoms with Gasteiger partial charge >= 0.3 is 11.7 Å². The van der Waals surface area contributed by atoms with E-state index in [-0.39, 0.29) is 6.61 Å². The lowest BCUT2D eigenvalue weighted by atomic mass is 10.1. The van der Waals surface area contributed by atoms with Crippen molar-refractivity contribution in [3.8, 4) is 0 Å². The fourth-order valence-corrected chi connectivity index (χ4v) is 1.24. The van der Waals surface area contributed by atoms with Crippen molar-refractivity contribution in [1.82, 2.24) is 0 Å². The van der Waals surface area contributed by atoms with Gasteiger partial charge in [-0.3, -0.25) is 10.1 Å². The number of nitro groups is 1. The number of esters is 1. The van der Waals surface area contributed by atoms with E-state index in [4.69, 9.17) is 0 Å². The second-order valence-corrected chi connectivity index (χ2v) is 3.27. The van der Waals surface area contributed by atoms with Crippen LogP contribution in [0.4, 0.5) is 18.9 Å². The minimum Gasteiger partial charge on any atom is -0.463 e. The first-order valence-electron chi connectivity index (χ1n) is 5.05. The van der Waals surface area contributed by atoms with Crippen molar-refractivity contribution in [2.45, 2.75) is 6.92 Å². The maximum atomic E-state index is 13.4. The summed E-state index contributed by atoms with van der Waals surface area (Å²) >= 11 is 0. The lowest BCUT2D eigenvalue weighted by Crippen LogP contribution is -2.02. The van der Waals surface area contributed by atoms with Crippen molar-refractivity contribution in [3.05, 3.63) is 45.3 Å². The van der Waals surface area contributed by atoms with E-state index in [2.05, 4.69) is 4.74 Å². The largest absolute Gasteiger partial charge is 0.463 e. The summed E-state index contributed by atoms with van der Waals surface area (Å²) in [5.41, 5.74) is -2.21. The molecule has 0 fully saturated rings. The van der Waals surface area contributed by atoms with Crippen LogP contribution in [0.1, 0.15) is 12.5 Å². The Balaban J connectivity index is 3.18. The molecule has 0 aliphatic carbocycles. The number of nitro benzene ring substituents is 1. The molecule has 102 valence electrons. The van der Waals surface area contributed by atoms with Gasteiger partial charge in [0.15, 0.2) is 5.82 Å². The summed E-state index contributed by atoms with van der Waals surface area (Å²) in [6, 6.07) is 0.423. The second-order valence-electron chi connectivity index (χ2n) is 3.27. The van der Waals surface area contributed by atoms with Crippen LogP contribution in [-0.2, 0) is 9.53 Å². The second kappa shape index (κ2) is 5.98. The van der Waals surface area contributed by atoms with E-state index in [1.807, 2.05) is 0 Å². The molecule has 19 heavy (non-hydrogen) atoms. The highest BCUT2D eigenvalue weighted by atomic mass is 19.2. The van der Waals surface area contributed by atoms with E-state index in [0.717, 1.165) is 12.2 Å². The normalized spacial score (nSPS) is 10.7. The van der Waals surface area contributed by atoms with Gasteiger partial charge in [0.2, 0.25) is 11.6 Å². The molecule has 0 saturated heterocycles. The topological polar surface area (TPSA) is 69.4 Å². The number of rotatable bonds is 4. The fraction of sp³-hybridized carbons (Fsp3) is 0.182. The van der Waals surface area contributed by atoms with Crippen LogP contribution in [0.25, 0.3) is 6.08 Å². The number of hydrogen-bond acceptors (Lipinski definition) is 4. The standard InChI is InChI=1S/C11H8F3NO4/c1-2-19-8(16)4-3-6-5-7(12)11(15(17)18)10(14)9(6)13/h3-5H,2H2,1H3. The van der Waals surface area contributed by atoms with Crippen molar-refractivity contribution >= 4 is 17.7 Å². The Bertz CT molecular complexity index is 557. The molecule has 1 aromatic rings. The van der Waals surface area contributed by atoms with E-state index in [9.17, 15) is 28.1 Å². The van der Waals surface area contributed by atoms with Crippen LogP contribution in [0.3, 0.4) is 0 Å². The molecule has 0 unspecified atom stereocenters. The summed E-state index contributed by atoms with van der Waals surface area (Å²) in [5, 5.41) is 10.3. The van der Waals surface area contributed by atoms with E-state index < -0.39 is 39.6 Å². The number of benzene rings is 1.